The summed E-state index contributed by atoms with van der Waals surface area (Å²) >= 11 is 0. The number of aryl methyl sites for hydroxylation is 1. The first-order chi connectivity index (χ1) is 11.8. The Hall–Kier alpha value is -1.68. The minimum atomic E-state index is -0.427. The third-order valence-corrected chi connectivity index (χ3v) is 4.91. The zero-order valence-corrected chi connectivity index (χ0v) is 14.2. The third-order valence-electron chi connectivity index (χ3n) is 4.91. The molecule has 0 radical (unpaired) electrons. The van der Waals surface area contributed by atoms with Crippen LogP contribution in [0.5, 0.6) is 0 Å². The number of nitrogens with zero attached hydrogens (tertiary/aromatic N) is 1. The summed E-state index contributed by atoms with van der Waals surface area (Å²) < 4.78 is 0. The molecule has 1 aliphatic rings. The Bertz CT molecular complexity index is 642. The molecule has 1 atom stereocenters. The molecule has 1 heterocycles. The Morgan fingerprint density at radius 3 is 2.62 bits per heavy atom. The Kier molecular flexibility index (Phi) is 6.02. The number of unbranched alkanes of at least 4 members (excludes halogenated alkanes) is 1. The van der Waals surface area contributed by atoms with Gasteiger partial charge in [0.05, 0.1) is 12.7 Å². The average Bonchev–Trinajstić information content (AvgIpc) is 2.78. The van der Waals surface area contributed by atoms with Gasteiger partial charge in [-0.05, 0) is 54.5 Å². The van der Waals surface area contributed by atoms with Crippen molar-refractivity contribution < 1.29 is 10.2 Å². The molecule has 0 saturated carbocycles. The molecular formula is C21H27NO2. The molecule has 0 saturated heterocycles. The Labute approximate surface area is 144 Å². The summed E-state index contributed by atoms with van der Waals surface area (Å²) in [5, 5.41) is 19.8. The zero-order valence-electron chi connectivity index (χ0n) is 14.2. The van der Waals surface area contributed by atoms with Gasteiger partial charge < -0.3 is 15.1 Å². The molecule has 1 aliphatic heterocycles. The van der Waals surface area contributed by atoms with Gasteiger partial charge in [-0.25, -0.2) is 0 Å². The van der Waals surface area contributed by atoms with E-state index in [-0.39, 0.29) is 6.61 Å². The van der Waals surface area contributed by atoms with Crippen molar-refractivity contribution in [3.05, 3.63) is 70.8 Å². The molecule has 0 spiro atoms. The predicted octanol–water partition coefficient (Wildman–Crippen LogP) is 3.09. The lowest BCUT2D eigenvalue weighted by Crippen LogP contribution is -2.29. The van der Waals surface area contributed by atoms with Crippen LogP contribution in [0.2, 0.25) is 0 Å². The van der Waals surface area contributed by atoms with Crippen LogP contribution in [0.15, 0.2) is 48.5 Å². The molecule has 0 bridgehead atoms. The van der Waals surface area contributed by atoms with Gasteiger partial charge in [0.15, 0.2) is 0 Å². The highest BCUT2D eigenvalue weighted by Gasteiger charge is 2.21. The van der Waals surface area contributed by atoms with Crippen molar-refractivity contribution in [2.24, 2.45) is 0 Å². The van der Waals surface area contributed by atoms with E-state index in [0.717, 1.165) is 43.5 Å². The van der Waals surface area contributed by atoms with Crippen molar-refractivity contribution in [1.29, 1.82) is 0 Å². The second-order valence-electron chi connectivity index (χ2n) is 6.70. The minimum absolute atomic E-state index is 0.0621. The number of β-amino-alcohol motifs (C(OH)–C–C–N with tert-alkyl or cyclic N) is 1. The van der Waals surface area contributed by atoms with Gasteiger partial charge in [-0.3, -0.25) is 0 Å². The van der Waals surface area contributed by atoms with E-state index in [1.807, 2.05) is 18.2 Å². The Balaban J connectivity index is 1.50. The van der Waals surface area contributed by atoms with Gasteiger partial charge in [-0.1, -0.05) is 48.5 Å². The SMILES string of the molecule is OCc1ccc2c(c1)CCN(CCCCc1ccccc1)CC2O. The molecule has 0 fully saturated rings. The van der Waals surface area contributed by atoms with Crippen LogP contribution in [0, 0.1) is 0 Å². The lowest BCUT2D eigenvalue weighted by molar-refractivity contribution is 0.119. The van der Waals surface area contributed by atoms with Gasteiger partial charge in [-0.15, -0.1) is 0 Å². The van der Waals surface area contributed by atoms with Crippen LogP contribution in [0.4, 0.5) is 0 Å². The van der Waals surface area contributed by atoms with Gasteiger partial charge in [0.1, 0.15) is 0 Å². The van der Waals surface area contributed by atoms with Crippen LogP contribution in [-0.4, -0.2) is 34.7 Å². The van der Waals surface area contributed by atoms with Crippen molar-refractivity contribution in [3.63, 3.8) is 0 Å². The first-order valence-corrected chi connectivity index (χ1v) is 8.93. The van der Waals surface area contributed by atoms with Crippen molar-refractivity contribution in [3.8, 4) is 0 Å². The quantitative estimate of drug-likeness (QED) is 0.802. The normalized spacial score (nSPS) is 18.2. The fourth-order valence-corrected chi connectivity index (χ4v) is 3.52. The van der Waals surface area contributed by atoms with Gasteiger partial charge >= 0.3 is 0 Å². The van der Waals surface area contributed by atoms with Crippen molar-refractivity contribution >= 4 is 0 Å². The molecule has 0 amide bonds. The maximum Gasteiger partial charge on any atom is 0.0919 e. The smallest absolute Gasteiger partial charge is 0.0919 e. The summed E-state index contributed by atoms with van der Waals surface area (Å²) in [6.07, 6.45) is 3.97. The highest BCUT2D eigenvalue weighted by Crippen LogP contribution is 2.25. The second kappa shape index (κ2) is 8.43. The molecule has 3 heteroatoms. The number of fused-ring (bicyclic) bond motifs is 1. The van der Waals surface area contributed by atoms with Gasteiger partial charge in [-0.2, -0.15) is 0 Å². The first-order valence-electron chi connectivity index (χ1n) is 8.93. The fraction of sp³-hybridized carbons (Fsp3) is 0.429. The number of rotatable bonds is 6. The molecule has 2 N–H and O–H groups in total. The first kappa shape index (κ1) is 17.2. The Morgan fingerprint density at radius 2 is 1.83 bits per heavy atom. The largest absolute Gasteiger partial charge is 0.392 e. The van der Waals surface area contributed by atoms with Gasteiger partial charge in [0.25, 0.3) is 0 Å². The second-order valence-corrected chi connectivity index (χ2v) is 6.70. The molecule has 0 aromatic heterocycles. The summed E-state index contributed by atoms with van der Waals surface area (Å²) in [5.74, 6) is 0. The molecule has 1 unspecified atom stereocenters. The highest BCUT2D eigenvalue weighted by atomic mass is 16.3. The fourth-order valence-electron chi connectivity index (χ4n) is 3.52. The maximum absolute atomic E-state index is 10.5. The van der Waals surface area contributed by atoms with Crippen LogP contribution in [0.1, 0.15) is 41.2 Å². The minimum Gasteiger partial charge on any atom is -0.392 e. The summed E-state index contributed by atoms with van der Waals surface area (Å²) in [5.41, 5.74) is 4.54. The van der Waals surface area contributed by atoms with E-state index in [1.165, 1.54) is 17.5 Å². The zero-order chi connectivity index (χ0) is 16.8. The summed E-state index contributed by atoms with van der Waals surface area (Å²) in [4.78, 5) is 2.37. The summed E-state index contributed by atoms with van der Waals surface area (Å²) in [6.45, 7) is 2.78. The number of hydrogen-bond donors (Lipinski definition) is 2. The topological polar surface area (TPSA) is 43.7 Å². The number of aliphatic hydroxyl groups excluding tert-OH is 2. The lowest BCUT2D eigenvalue weighted by Gasteiger charge is -2.22. The van der Waals surface area contributed by atoms with E-state index in [0.29, 0.717) is 6.54 Å². The molecular weight excluding hydrogens is 298 g/mol. The van der Waals surface area contributed by atoms with E-state index in [9.17, 15) is 10.2 Å². The van der Waals surface area contributed by atoms with E-state index < -0.39 is 6.10 Å². The van der Waals surface area contributed by atoms with Crippen LogP contribution < -0.4 is 0 Å². The van der Waals surface area contributed by atoms with Crippen LogP contribution in [-0.2, 0) is 19.4 Å². The number of hydrogen-bond acceptors (Lipinski definition) is 3. The van der Waals surface area contributed by atoms with Gasteiger partial charge in [0, 0.05) is 13.1 Å². The number of benzene rings is 2. The number of aliphatic hydroxyl groups is 2. The van der Waals surface area contributed by atoms with Crippen molar-refractivity contribution in [2.45, 2.75) is 38.4 Å². The highest BCUT2D eigenvalue weighted by molar-refractivity contribution is 5.34. The monoisotopic (exact) mass is 325 g/mol. The van der Waals surface area contributed by atoms with Crippen LogP contribution >= 0.6 is 0 Å². The summed E-state index contributed by atoms with van der Waals surface area (Å²) in [7, 11) is 0. The van der Waals surface area contributed by atoms with Crippen molar-refractivity contribution in [1.82, 2.24) is 4.90 Å². The molecule has 24 heavy (non-hydrogen) atoms. The standard InChI is InChI=1S/C21H27NO2/c23-16-18-9-10-20-19(14-18)11-13-22(15-21(20)24)12-5-4-8-17-6-2-1-3-7-17/h1-3,6-7,9-10,14,21,23-24H,4-5,8,11-13,15-16H2. The molecule has 2 aromatic carbocycles. The predicted molar refractivity (Wildman–Crippen MR) is 96.8 cm³/mol. The lowest BCUT2D eigenvalue weighted by atomic mass is 9.99. The molecule has 3 nitrogen and oxygen atoms in total. The van der Waals surface area contributed by atoms with E-state index >= 15 is 0 Å². The Morgan fingerprint density at radius 1 is 1.00 bits per heavy atom. The molecule has 0 aliphatic carbocycles. The average molecular weight is 325 g/mol. The maximum atomic E-state index is 10.5. The molecule has 128 valence electrons. The van der Waals surface area contributed by atoms with Gasteiger partial charge in [0.2, 0.25) is 0 Å². The van der Waals surface area contributed by atoms with E-state index in [2.05, 4.69) is 35.2 Å². The molecule has 2 aromatic rings. The van der Waals surface area contributed by atoms with E-state index in [1.54, 1.807) is 0 Å². The van der Waals surface area contributed by atoms with Crippen LogP contribution in [0.3, 0.4) is 0 Å². The summed E-state index contributed by atoms with van der Waals surface area (Å²) in [6, 6.07) is 16.5. The molecule has 3 rings (SSSR count). The third kappa shape index (κ3) is 4.44. The van der Waals surface area contributed by atoms with Crippen molar-refractivity contribution in [2.75, 3.05) is 19.6 Å². The van der Waals surface area contributed by atoms with Crippen LogP contribution in [0.25, 0.3) is 0 Å². The van der Waals surface area contributed by atoms with E-state index in [4.69, 9.17) is 0 Å².